The number of hydrogen-bond acceptors (Lipinski definition) is 5. The minimum Gasteiger partial charge on any atom is -0.339 e. The zero-order valence-electron chi connectivity index (χ0n) is 14.2. The van der Waals surface area contributed by atoms with Gasteiger partial charge >= 0.3 is 6.18 Å². The minimum atomic E-state index is -4.39. The van der Waals surface area contributed by atoms with Gasteiger partial charge in [-0.05, 0) is 35.7 Å². The average molecular weight is 371 g/mol. The van der Waals surface area contributed by atoms with E-state index in [1.54, 1.807) is 6.07 Å². The zero-order valence-corrected chi connectivity index (χ0v) is 14.2. The molecule has 4 rings (SSSR count). The van der Waals surface area contributed by atoms with E-state index in [2.05, 4.69) is 32.6 Å². The molecule has 0 aliphatic carbocycles. The van der Waals surface area contributed by atoms with E-state index in [0.717, 1.165) is 25.1 Å². The van der Waals surface area contributed by atoms with Crippen molar-refractivity contribution in [3.05, 3.63) is 71.4 Å². The summed E-state index contributed by atoms with van der Waals surface area (Å²) in [6.45, 7) is 1.43. The second-order valence-corrected chi connectivity index (χ2v) is 6.29. The Hall–Kier alpha value is -3.16. The molecular formula is C19H16F3N5. The van der Waals surface area contributed by atoms with Crippen LogP contribution in [0.3, 0.4) is 0 Å². The molecule has 1 aromatic heterocycles. The summed E-state index contributed by atoms with van der Waals surface area (Å²) < 4.78 is 38.6. The van der Waals surface area contributed by atoms with E-state index in [0.29, 0.717) is 24.0 Å². The molecule has 0 radical (unpaired) electrons. The van der Waals surface area contributed by atoms with Crippen LogP contribution in [0.2, 0.25) is 0 Å². The predicted octanol–water partition coefficient (Wildman–Crippen LogP) is 4.20. The van der Waals surface area contributed by atoms with Crippen LogP contribution in [-0.4, -0.2) is 21.7 Å². The first-order valence-corrected chi connectivity index (χ1v) is 8.45. The maximum Gasteiger partial charge on any atom is 0.416 e. The number of nitrogens with one attached hydrogen (secondary N) is 1. The topological polar surface area (TPSA) is 53.9 Å². The van der Waals surface area contributed by atoms with Gasteiger partial charge in [0.15, 0.2) is 5.82 Å². The second-order valence-electron chi connectivity index (χ2n) is 6.29. The van der Waals surface area contributed by atoms with Gasteiger partial charge in [0.1, 0.15) is 0 Å². The van der Waals surface area contributed by atoms with Gasteiger partial charge in [-0.3, -0.25) is 0 Å². The summed E-state index contributed by atoms with van der Waals surface area (Å²) >= 11 is 0. The Morgan fingerprint density at radius 3 is 2.63 bits per heavy atom. The molecule has 27 heavy (non-hydrogen) atoms. The van der Waals surface area contributed by atoms with Crippen molar-refractivity contribution in [3.63, 3.8) is 0 Å². The maximum atomic E-state index is 12.9. The van der Waals surface area contributed by atoms with Crippen molar-refractivity contribution in [2.45, 2.75) is 19.1 Å². The number of hydrogen-bond donors (Lipinski definition) is 1. The molecular weight excluding hydrogens is 355 g/mol. The lowest BCUT2D eigenvalue weighted by Gasteiger charge is -2.28. The van der Waals surface area contributed by atoms with E-state index in [9.17, 15) is 13.2 Å². The van der Waals surface area contributed by atoms with Gasteiger partial charge < -0.3 is 10.2 Å². The quantitative estimate of drug-likeness (QED) is 0.748. The van der Waals surface area contributed by atoms with Crippen LogP contribution in [0.15, 0.2) is 54.7 Å². The summed E-state index contributed by atoms with van der Waals surface area (Å²) in [6, 6.07) is 13.2. The third-order valence-electron chi connectivity index (χ3n) is 4.42. The highest BCUT2D eigenvalue weighted by molar-refractivity contribution is 5.57. The second kappa shape index (κ2) is 6.86. The summed E-state index contributed by atoms with van der Waals surface area (Å²) in [6.07, 6.45) is -2.12. The number of anilines is 3. The van der Waals surface area contributed by atoms with E-state index < -0.39 is 11.7 Å². The summed E-state index contributed by atoms with van der Waals surface area (Å²) in [7, 11) is 0. The van der Waals surface area contributed by atoms with Gasteiger partial charge in [-0.2, -0.15) is 23.3 Å². The Morgan fingerprint density at radius 1 is 1.00 bits per heavy atom. The van der Waals surface area contributed by atoms with Gasteiger partial charge in [-0.1, -0.05) is 30.3 Å². The van der Waals surface area contributed by atoms with E-state index in [4.69, 9.17) is 0 Å². The van der Waals surface area contributed by atoms with Gasteiger partial charge in [0.25, 0.3) is 0 Å². The van der Waals surface area contributed by atoms with Crippen LogP contribution >= 0.6 is 0 Å². The molecule has 0 bridgehead atoms. The van der Waals surface area contributed by atoms with Crippen molar-refractivity contribution in [3.8, 4) is 0 Å². The van der Waals surface area contributed by atoms with Crippen molar-refractivity contribution >= 4 is 17.5 Å². The molecule has 138 valence electrons. The largest absolute Gasteiger partial charge is 0.416 e. The fourth-order valence-electron chi connectivity index (χ4n) is 3.08. The SMILES string of the molecule is FC(F)(F)c1cccc(Nc2cnnc(N3CCc4ccccc4C3)n2)c1. The van der Waals surface area contributed by atoms with Gasteiger partial charge in [0.2, 0.25) is 5.95 Å². The van der Waals surface area contributed by atoms with Gasteiger partial charge in [-0.15, -0.1) is 5.10 Å². The molecule has 0 spiro atoms. The highest BCUT2D eigenvalue weighted by Gasteiger charge is 2.30. The van der Waals surface area contributed by atoms with Crippen LogP contribution in [0.25, 0.3) is 0 Å². The van der Waals surface area contributed by atoms with E-state index in [1.807, 2.05) is 17.0 Å². The van der Waals surface area contributed by atoms with Crippen molar-refractivity contribution in [1.29, 1.82) is 0 Å². The first-order valence-electron chi connectivity index (χ1n) is 8.45. The fraction of sp³-hybridized carbons (Fsp3) is 0.211. The molecule has 1 N–H and O–H groups in total. The third-order valence-corrected chi connectivity index (χ3v) is 4.42. The highest BCUT2D eigenvalue weighted by atomic mass is 19.4. The van der Waals surface area contributed by atoms with Crippen molar-refractivity contribution < 1.29 is 13.2 Å². The van der Waals surface area contributed by atoms with E-state index in [-0.39, 0.29) is 0 Å². The lowest BCUT2D eigenvalue weighted by Crippen LogP contribution is -2.32. The third kappa shape index (κ3) is 3.84. The minimum absolute atomic E-state index is 0.292. The summed E-state index contributed by atoms with van der Waals surface area (Å²) in [5, 5.41) is 10.9. The van der Waals surface area contributed by atoms with Crippen LogP contribution in [-0.2, 0) is 19.1 Å². The highest BCUT2D eigenvalue weighted by Crippen LogP contribution is 2.31. The normalized spacial score (nSPS) is 14.0. The number of fused-ring (bicyclic) bond motifs is 1. The molecule has 2 aromatic carbocycles. The number of rotatable bonds is 3. The number of nitrogens with zero attached hydrogens (tertiary/aromatic N) is 4. The fourth-order valence-corrected chi connectivity index (χ4v) is 3.08. The van der Waals surface area contributed by atoms with Crippen LogP contribution in [0.5, 0.6) is 0 Å². The Bertz CT molecular complexity index is 958. The van der Waals surface area contributed by atoms with Crippen LogP contribution in [0.4, 0.5) is 30.6 Å². The smallest absolute Gasteiger partial charge is 0.339 e. The zero-order chi connectivity index (χ0) is 18.9. The van der Waals surface area contributed by atoms with Crippen molar-refractivity contribution in [2.75, 3.05) is 16.8 Å². The molecule has 1 aliphatic heterocycles. The Morgan fingerprint density at radius 2 is 1.81 bits per heavy atom. The molecule has 5 nitrogen and oxygen atoms in total. The summed E-state index contributed by atoms with van der Waals surface area (Å²) in [5.74, 6) is 0.791. The van der Waals surface area contributed by atoms with E-state index >= 15 is 0 Å². The summed E-state index contributed by atoms with van der Waals surface area (Å²) in [5.41, 5.74) is 2.09. The summed E-state index contributed by atoms with van der Waals surface area (Å²) in [4.78, 5) is 6.42. The molecule has 0 saturated heterocycles. The molecule has 0 fully saturated rings. The Kier molecular flexibility index (Phi) is 4.39. The average Bonchev–Trinajstić information content (AvgIpc) is 2.67. The molecule has 0 unspecified atom stereocenters. The monoisotopic (exact) mass is 371 g/mol. The number of aromatic nitrogens is 3. The van der Waals surface area contributed by atoms with Gasteiger partial charge in [-0.25, -0.2) is 0 Å². The predicted molar refractivity (Wildman–Crippen MR) is 95.7 cm³/mol. The molecule has 2 heterocycles. The Balaban J connectivity index is 1.54. The van der Waals surface area contributed by atoms with Crippen LogP contribution in [0.1, 0.15) is 16.7 Å². The lowest BCUT2D eigenvalue weighted by atomic mass is 10.0. The van der Waals surface area contributed by atoms with Crippen LogP contribution in [0, 0.1) is 0 Å². The van der Waals surface area contributed by atoms with Crippen LogP contribution < -0.4 is 10.2 Å². The first-order chi connectivity index (χ1) is 13.0. The standard InChI is InChI=1S/C19H16F3N5/c20-19(21,22)15-6-3-7-16(10-15)24-17-11-23-26-18(25-17)27-9-8-13-4-1-2-5-14(13)12-27/h1-7,10-11H,8-9,12H2,(H,24,25,26). The lowest BCUT2D eigenvalue weighted by molar-refractivity contribution is -0.137. The van der Waals surface area contributed by atoms with Crippen molar-refractivity contribution in [2.24, 2.45) is 0 Å². The van der Waals surface area contributed by atoms with Gasteiger partial charge in [0, 0.05) is 18.8 Å². The van der Waals surface area contributed by atoms with Gasteiger partial charge in [0.05, 0.1) is 11.8 Å². The maximum absolute atomic E-state index is 12.9. The molecule has 8 heteroatoms. The Labute approximate surface area is 153 Å². The molecule has 0 atom stereocenters. The number of benzene rings is 2. The molecule has 0 amide bonds. The molecule has 3 aromatic rings. The first kappa shape index (κ1) is 17.3. The number of halogens is 3. The molecule has 0 saturated carbocycles. The molecule has 1 aliphatic rings. The number of alkyl halides is 3. The van der Waals surface area contributed by atoms with E-state index in [1.165, 1.54) is 23.4 Å². The van der Waals surface area contributed by atoms with Crippen molar-refractivity contribution in [1.82, 2.24) is 15.2 Å².